The van der Waals surface area contributed by atoms with Crippen molar-refractivity contribution in [1.29, 1.82) is 0 Å². The molecule has 4 rings (SSSR count). The first kappa shape index (κ1) is 21.5. The van der Waals surface area contributed by atoms with Gasteiger partial charge in [0.1, 0.15) is 10.8 Å². The van der Waals surface area contributed by atoms with E-state index in [0.717, 1.165) is 41.7 Å². The van der Waals surface area contributed by atoms with Crippen molar-refractivity contribution < 1.29 is 18.7 Å². The molecule has 1 N–H and O–H groups in total. The summed E-state index contributed by atoms with van der Waals surface area (Å²) in [5.74, 6) is -1.04. The van der Waals surface area contributed by atoms with Gasteiger partial charge in [-0.25, -0.2) is 9.18 Å². The van der Waals surface area contributed by atoms with Gasteiger partial charge in [0.05, 0.1) is 12.2 Å². The smallest absolute Gasteiger partial charge is 0.341 e. The van der Waals surface area contributed by atoms with E-state index in [9.17, 15) is 14.0 Å². The molecule has 2 heterocycles. The molecule has 1 aromatic carbocycles. The Morgan fingerprint density at radius 2 is 1.94 bits per heavy atom. The van der Waals surface area contributed by atoms with Gasteiger partial charge in [-0.3, -0.25) is 4.79 Å². The summed E-state index contributed by atoms with van der Waals surface area (Å²) in [6.45, 7) is 2.05. The van der Waals surface area contributed by atoms with Gasteiger partial charge in [-0.2, -0.15) is 11.3 Å². The highest BCUT2D eigenvalue weighted by Gasteiger charge is 2.28. The summed E-state index contributed by atoms with van der Waals surface area (Å²) in [5, 5.41) is 7.29. The molecule has 1 amide bonds. The highest BCUT2D eigenvalue weighted by Crippen LogP contribution is 2.39. The molecule has 7 heteroatoms. The van der Waals surface area contributed by atoms with Crippen molar-refractivity contribution in [3.8, 4) is 0 Å². The van der Waals surface area contributed by atoms with E-state index in [1.165, 1.54) is 34.8 Å². The molecule has 0 radical (unpaired) electrons. The number of carbonyl (C=O) groups excluding carboxylic acids is 2. The maximum atomic E-state index is 13.3. The molecule has 0 bridgehead atoms. The number of nitrogens with one attached hydrogen (secondary N) is 1. The molecule has 31 heavy (non-hydrogen) atoms. The van der Waals surface area contributed by atoms with Crippen molar-refractivity contribution in [3.05, 3.63) is 74.0 Å². The quantitative estimate of drug-likeness (QED) is 0.356. The number of carbonyl (C=O) groups is 2. The fraction of sp³-hybridized carbons (Fsp3) is 0.250. The van der Waals surface area contributed by atoms with E-state index in [1.807, 2.05) is 16.8 Å². The third-order valence-electron chi connectivity index (χ3n) is 5.14. The first-order chi connectivity index (χ1) is 15.1. The minimum absolute atomic E-state index is 0.279. The molecule has 2 aromatic heterocycles. The van der Waals surface area contributed by atoms with Crippen molar-refractivity contribution in [2.45, 2.75) is 32.6 Å². The maximum Gasteiger partial charge on any atom is 0.341 e. The van der Waals surface area contributed by atoms with Crippen molar-refractivity contribution in [2.24, 2.45) is 0 Å². The second-order valence-electron chi connectivity index (χ2n) is 7.21. The lowest BCUT2D eigenvalue weighted by Gasteiger charge is -2.12. The molecular formula is C24H22FNO3S2. The van der Waals surface area contributed by atoms with Gasteiger partial charge >= 0.3 is 5.97 Å². The fourth-order valence-corrected chi connectivity index (χ4v) is 5.60. The van der Waals surface area contributed by atoms with Gasteiger partial charge in [0.15, 0.2) is 0 Å². The highest BCUT2D eigenvalue weighted by molar-refractivity contribution is 7.17. The highest BCUT2D eigenvalue weighted by atomic mass is 32.1. The molecule has 1 aliphatic rings. The van der Waals surface area contributed by atoms with Crippen LogP contribution in [-0.2, 0) is 22.4 Å². The first-order valence-electron chi connectivity index (χ1n) is 10.2. The number of amides is 1. The van der Waals surface area contributed by atoms with Crippen molar-refractivity contribution >= 4 is 51.2 Å². The molecule has 0 unspecified atom stereocenters. The van der Waals surface area contributed by atoms with Crippen LogP contribution < -0.4 is 5.32 Å². The van der Waals surface area contributed by atoms with E-state index in [0.29, 0.717) is 21.7 Å². The van der Waals surface area contributed by atoms with Gasteiger partial charge in [0.25, 0.3) is 5.91 Å². The SMILES string of the molecule is CCOC(=O)c1c(NC(=O)C(=Cc2ccc(F)cc2)c2ccsc2)sc2c1CCCC2. The predicted octanol–water partition coefficient (Wildman–Crippen LogP) is 6.18. The number of ether oxygens (including phenoxy) is 1. The molecule has 0 fully saturated rings. The molecule has 1 aliphatic carbocycles. The number of benzene rings is 1. The summed E-state index contributed by atoms with van der Waals surface area (Å²) in [6, 6.07) is 7.85. The van der Waals surface area contributed by atoms with Crippen LogP contribution in [0, 0.1) is 5.82 Å². The number of hydrogen-bond acceptors (Lipinski definition) is 5. The Labute approximate surface area is 188 Å². The van der Waals surface area contributed by atoms with Crippen LogP contribution in [-0.4, -0.2) is 18.5 Å². The second-order valence-corrected chi connectivity index (χ2v) is 9.10. The average Bonchev–Trinajstić information content (AvgIpc) is 3.41. The van der Waals surface area contributed by atoms with Crippen LogP contribution in [0.2, 0.25) is 0 Å². The lowest BCUT2D eigenvalue weighted by Crippen LogP contribution is -2.16. The largest absolute Gasteiger partial charge is 0.462 e. The molecule has 4 nitrogen and oxygen atoms in total. The molecule has 0 aliphatic heterocycles. The van der Waals surface area contributed by atoms with Crippen LogP contribution in [0.25, 0.3) is 11.6 Å². The van der Waals surface area contributed by atoms with E-state index < -0.39 is 5.97 Å². The van der Waals surface area contributed by atoms with Gasteiger partial charge < -0.3 is 10.1 Å². The topological polar surface area (TPSA) is 55.4 Å². The number of esters is 1. The molecular weight excluding hydrogens is 433 g/mol. The Kier molecular flexibility index (Phi) is 6.63. The summed E-state index contributed by atoms with van der Waals surface area (Å²) < 4.78 is 18.6. The first-order valence-corrected chi connectivity index (χ1v) is 12.0. The Hall–Kier alpha value is -2.77. The minimum atomic E-state index is -0.392. The Balaban J connectivity index is 1.70. The molecule has 0 atom stereocenters. The number of thiophene rings is 2. The monoisotopic (exact) mass is 455 g/mol. The maximum absolute atomic E-state index is 13.3. The zero-order chi connectivity index (χ0) is 21.8. The summed E-state index contributed by atoms with van der Waals surface area (Å²) in [6.07, 6.45) is 5.56. The van der Waals surface area contributed by atoms with Crippen molar-refractivity contribution in [2.75, 3.05) is 11.9 Å². The van der Waals surface area contributed by atoms with E-state index >= 15 is 0 Å². The van der Waals surface area contributed by atoms with Gasteiger partial charge in [-0.15, -0.1) is 11.3 Å². The van der Waals surface area contributed by atoms with Crippen molar-refractivity contribution in [3.63, 3.8) is 0 Å². The van der Waals surface area contributed by atoms with Gasteiger partial charge in [0.2, 0.25) is 0 Å². The van der Waals surface area contributed by atoms with Gasteiger partial charge in [-0.05, 0) is 84.3 Å². The lowest BCUT2D eigenvalue weighted by atomic mass is 9.95. The van der Waals surface area contributed by atoms with E-state index in [4.69, 9.17) is 4.74 Å². The number of fused-ring (bicyclic) bond motifs is 1. The number of rotatable bonds is 6. The summed E-state index contributed by atoms with van der Waals surface area (Å²) >= 11 is 2.95. The standard InChI is InChI=1S/C24H22FNO3S2/c1-2-29-24(28)21-18-5-3-4-6-20(18)31-23(21)26-22(27)19(16-11-12-30-14-16)13-15-7-9-17(25)10-8-15/h7-14H,2-6H2,1H3,(H,26,27). The summed E-state index contributed by atoms with van der Waals surface area (Å²) in [7, 11) is 0. The van der Waals surface area contributed by atoms with Crippen LogP contribution in [0.3, 0.4) is 0 Å². The third-order valence-corrected chi connectivity index (χ3v) is 7.03. The molecule has 0 saturated heterocycles. The van der Waals surface area contributed by atoms with Crippen LogP contribution in [0.15, 0.2) is 41.1 Å². The summed E-state index contributed by atoms with van der Waals surface area (Å²) in [4.78, 5) is 27.2. The Morgan fingerprint density at radius 3 is 2.65 bits per heavy atom. The van der Waals surface area contributed by atoms with Crippen LogP contribution in [0.4, 0.5) is 9.39 Å². The minimum Gasteiger partial charge on any atom is -0.462 e. The zero-order valence-corrected chi connectivity index (χ0v) is 18.7. The van der Waals surface area contributed by atoms with Crippen LogP contribution >= 0.6 is 22.7 Å². The van der Waals surface area contributed by atoms with Crippen LogP contribution in [0.5, 0.6) is 0 Å². The molecule has 0 spiro atoms. The van der Waals surface area contributed by atoms with Gasteiger partial charge in [0, 0.05) is 10.5 Å². The zero-order valence-electron chi connectivity index (χ0n) is 17.1. The summed E-state index contributed by atoms with van der Waals surface area (Å²) in [5.41, 5.74) is 3.43. The fourth-order valence-electron chi connectivity index (χ4n) is 3.67. The van der Waals surface area contributed by atoms with Crippen LogP contribution in [0.1, 0.15) is 51.7 Å². The third kappa shape index (κ3) is 4.78. The molecule has 3 aromatic rings. The van der Waals surface area contributed by atoms with E-state index in [-0.39, 0.29) is 18.3 Å². The second kappa shape index (κ2) is 9.58. The Bertz CT molecular complexity index is 1110. The number of anilines is 1. The number of hydrogen-bond donors (Lipinski definition) is 1. The predicted molar refractivity (Wildman–Crippen MR) is 124 cm³/mol. The van der Waals surface area contributed by atoms with E-state index in [2.05, 4.69) is 5.32 Å². The Morgan fingerprint density at radius 1 is 1.16 bits per heavy atom. The molecule has 160 valence electrons. The average molecular weight is 456 g/mol. The molecule has 0 saturated carbocycles. The lowest BCUT2D eigenvalue weighted by molar-refractivity contribution is -0.111. The van der Waals surface area contributed by atoms with E-state index in [1.54, 1.807) is 25.1 Å². The van der Waals surface area contributed by atoms with Gasteiger partial charge in [-0.1, -0.05) is 12.1 Å². The number of halogens is 1. The van der Waals surface area contributed by atoms with Crippen molar-refractivity contribution in [1.82, 2.24) is 0 Å². The normalized spacial score (nSPS) is 13.5. The number of aryl methyl sites for hydroxylation is 1.